The first-order valence-electron chi connectivity index (χ1n) is 39.6. The number of hydrogen-bond acceptors (Lipinski definition) is 20. The van der Waals surface area contributed by atoms with Crippen molar-refractivity contribution in [1.29, 1.82) is 0 Å². The lowest BCUT2D eigenvalue weighted by Gasteiger charge is -2.40. The van der Waals surface area contributed by atoms with E-state index in [4.69, 9.17) is 37.9 Å². The molecule has 0 saturated heterocycles. The number of halogens is 1. The zero-order valence-corrected chi connectivity index (χ0v) is 71.5. The highest BCUT2D eigenvalue weighted by Gasteiger charge is 2.45. The molecular formula is C92H123FN4O16. The van der Waals surface area contributed by atoms with Crippen LogP contribution in [0.2, 0.25) is 0 Å². The number of carbonyl (C=O) groups excluding carboxylic acids is 8. The van der Waals surface area contributed by atoms with Crippen molar-refractivity contribution in [3.05, 3.63) is 232 Å². The maximum atomic E-state index is 13.6. The largest absolute Gasteiger partial charge is 0.462 e. The van der Waals surface area contributed by atoms with Crippen molar-refractivity contribution in [1.82, 2.24) is 20.4 Å². The van der Waals surface area contributed by atoms with Crippen molar-refractivity contribution in [2.45, 2.75) is 266 Å². The fraction of sp³-hybridized carbons (Fsp3) is 0.478. The highest BCUT2D eigenvalue weighted by molar-refractivity contribution is 6.03. The summed E-state index contributed by atoms with van der Waals surface area (Å²) in [6, 6.07) is 31.2. The standard InChI is InChI=1S/C24H32FNO4.C24H33NO4.2C22H29NO4/c1-8-13-29-23(27)20-16(6)26(14(2)3)17(7)21(24(28)30-15(4)5)22(20)18-9-11-19(25)12-10-18;1-8-14-28-23(26)20-17(6)25(15(2)3)18(7)21(24(27)29-16(4)5)22(20)19-12-10-9-11-13-19;2*1-7-12-26-21(24)18-15(5)23-16(6)19(22(25)27-13(2)3)20(18)17-10-8-14(4)9-11-17/h9-12,14-15,22H,8,13H2,1-7H3;9-13,15-16,22H,8,14H2,1-7H3;2*8-11,13,20,23H,7,12H2,1-6H3. The van der Waals surface area contributed by atoms with Crippen LogP contribution in [0.4, 0.5) is 4.39 Å². The first kappa shape index (κ1) is 93.3. The Morgan fingerprint density at radius 3 is 0.770 bits per heavy atom. The Bertz CT molecular complexity index is 4170. The van der Waals surface area contributed by atoms with Crippen LogP contribution in [0.3, 0.4) is 0 Å². The van der Waals surface area contributed by atoms with Gasteiger partial charge in [-0.1, -0.05) is 130 Å². The van der Waals surface area contributed by atoms with Crippen molar-refractivity contribution in [3.8, 4) is 0 Å². The van der Waals surface area contributed by atoms with E-state index in [1.54, 1.807) is 26.0 Å². The Morgan fingerprint density at radius 2 is 0.522 bits per heavy atom. The Morgan fingerprint density at radius 1 is 0.310 bits per heavy atom. The van der Waals surface area contributed by atoms with Gasteiger partial charge in [-0.3, -0.25) is 0 Å². The van der Waals surface area contributed by atoms with Crippen LogP contribution in [0.5, 0.6) is 0 Å². The van der Waals surface area contributed by atoms with Gasteiger partial charge in [0.05, 0.1) is 119 Å². The molecule has 0 bridgehead atoms. The lowest BCUT2D eigenvalue weighted by molar-refractivity contribution is -0.144. The molecule has 0 radical (unpaired) electrons. The van der Waals surface area contributed by atoms with Gasteiger partial charge in [-0.05, 0) is 212 Å². The molecule has 0 aromatic heterocycles. The summed E-state index contributed by atoms with van der Waals surface area (Å²) < 4.78 is 57.5. The van der Waals surface area contributed by atoms with Gasteiger partial charge < -0.3 is 58.3 Å². The highest BCUT2D eigenvalue weighted by Crippen LogP contribution is 2.47. The van der Waals surface area contributed by atoms with Crippen LogP contribution in [0.1, 0.15) is 249 Å². The van der Waals surface area contributed by atoms with E-state index in [0.29, 0.717) is 99.2 Å². The summed E-state index contributed by atoms with van der Waals surface area (Å²) in [5.74, 6) is -6.07. The predicted octanol–water partition coefficient (Wildman–Crippen LogP) is 18.3. The van der Waals surface area contributed by atoms with Gasteiger partial charge in [-0.15, -0.1) is 0 Å². The van der Waals surface area contributed by atoms with Gasteiger partial charge in [0.25, 0.3) is 0 Å². The second-order valence-corrected chi connectivity index (χ2v) is 30.2. The summed E-state index contributed by atoms with van der Waals surface area (Å²) in [5, 5.41) is 6.32. The number of nitrogens with one attached hydrogen (secondary N) is 2. The monoisotopic (exact) mass is 1560 g/mol. The molecule has 0 aliphatic carbocycles. The van der Waals surface area contributed by atoms with Crippen molar-refractivity contribution in [3.63, 3.8) is 0 Å². The molecule has 0 amide bonds. The molecule has 4 aliphatic rings. The molecule has 4 heterocycles. The average molecular weight is 1560 g/mol. The summed E-state index contributed by atoms with van der Waals surface area (Å²) in [7, 11) is 0. The molecule has 20 nitrogen and oxygen atoms in total. The van der Waals surface area contributed by atoms with Crippen molar-refractivity contribution >= 4 is 47.8 Å². The zero-order valence-electron chi connectivity index (χ0n) is 71.5. The number of dihydropyridines is 2. The number of ether oxygens (including phenoxy) is 8. The second kappa shape index (κ2) is 43.6. The molecule has 614 valence electrons. The van der Waals surface area contributed by atoms with E-state index in [2.05, 4.69) is 10.6 Å². The number of allylic oxidation sites excluding steroid dienone is 8. The molecule has 21 heteroatoms. The molecule has 4 aromatic carbocycles. The third kappa shape index (κ3) is 24.4. The van der Waals surface area contributed by atoms with Crippen LogP contribution in [-0.4, -0.2) is 120 Å². The van der Waals surface area contributed by atoms with Crippen LogP contribution in [0.15, 0.2) is 193 Å². The predicted molar refractivity (Wildman–Crippen MR) is 438 cm³/mol. The van der Waals surface area contributed by atoms with Crippen molar-refractivity contribution < 1.29 is 80.6 Å². The third-order valence-electron chi connectivity index (χ3n) is 18.7. The summed E-state index contributed by atoms with van der Waals surface area (Å²) in [4.78, 5) is 108. The Hall–Kier alpha value is -10.3. The maximum Gasteiger partial charge on any atom is 0.337 e. The van der Waals surface area contributed by atoms with Gasteiger partial charge in [-0.2, -0.15) is 0 Å². The fourth-order valence-corrected chi connectivity index (χ4v) is 14.2. The molecule has 4 atom stereocenters. The van der Waals surface area contributed by atoms with Crippen molar-refractivity contribution in [2.24, 2.45) is 0 Å². The van der Waals surface area contributed by atoms with E-state index in [1.165, 1.54) is 12.1 Å². The Kier molecular flexibility index (Phi) is 36.0. The first-order valence-corrected chi connectivity index (χ1v) is 39.6. The molecule has 0 fully saturated rings. The Balaban J connectivity index is 0.000000269. The molecule has 8 rings (SSSR count). The number of carbonyl (C=O) groups is 8. The molecule has 0 saturated carbocycles. The summed E-state index contributed by atoms with van der Waals surface area (Å²) in [6.45, 7) is 50.4. The van der Waals surface area contributed by atoms with Gasteiger partial charge in [-0.25, -0.2) is 42.7 Å². The molecular weight excluding hydrogens is 1440 g/mol. The van der Waals surface area contributed by atoms with Gasteiger partial charge in [0, 0.05) is 57.7 Å². The summed E-state index contributed by atoms with van der Waals surface area (Å²) >= 11 is 0. The van der Waals surface area contributed by atoms with Gasteiger partial charge in [0.15, 0.2) is 0 Å². The van der Waals surface area contributed by atoms with E-state index in [0.717, 1.165) is 69.9 Å². The van der Waals surface area contributed by atoms with E-state index >= 15 is 0 Å². The topological polar surface area (TPSA) is 241 Å². The summed E-state index contributed by atoms with van der Waals surface area (Å²) in [5.41, 5.74) is 14.8. The molecule has 4 unspecified atom stereocenters. The third-order valence-corrected chi connectivity index (χ3v) is 18.7. The smallest absolute Gasteiger partial charge is 0.337 e. The average Bonchev–Trinajstić information content (AvgIpc) is 0.752. The fourth-order valence-electron chi connectivity index (χ4n) is 14.2. The van der Waals surface area contributed by atoms with E-state index in [1.807, 2.05) is 255 Å². The van der Waals surface area contributed by atoms with Gasteiger partial charge in [0.1, 0.15) is 5.82 Å². The number of aryl methyl sites for hydroxylation is 2. The molecule has 113 heavy (non-hydrogen) atoms. The lowest BCUT2D eigenvalue weighted by Crippen LogP contribution is -2.38. The maximum absolute atomic E-state index is 13.6. The minimum atomic E-state index is -0.698. The normalized spacial score (nSPS) is 17.1. The van der Waals surface area contributed by atoms with Crippen LogP contribution >= 0.6 is 0 Å². The second-order valence-electron chi connectivity index (χ2n) is 30.2. The van der Waals surface area contributed by atoms with Crippen LogP contribution in [0.25, 0.3) is 0 Å². The van der Waals surface area contributed by atoms with E-state index < -0.39 is 65.5 Å². The van der Waals surface area contributed by atoms with Gasteiger partial charge >= 0.3 is 47.8 Å². The zero-order chi connectivity index (χ0) is 84.6. The van der Waals surface area contributed by atoms with Crippen LogP contribution in [-0.2, 0) is 76.3 Å². The minimum Gasteiger partial charge on any atom is -0.462 e. The number of esters is 8. The van der Waals surface area contributed by atoms with Crippen molar-refractivity contribution in [2.75, 3.05) is 26.4 Å². The molecule has 4 aromatic rings. The first-order chi connectivity index (χ1) is 53.3. The SMILES string of the molecule is CCCOC(=O)C1=C(C)N(C(C)C)C(C)=C(C(=O)OC(C)C)C1c1ccc(F)cc1.CCCOC(=O)C1=C(C)N(C(C)C)C(C)=C(C(=O)OC(C)C)C1c1ccccc1.CCCOC(=O)C1=C(C)NC(C)=C(C(=O)OC(C)C)C1c1ccc(C)cc1.CCCOC(=O)C1=C(C)NC(C)=C(C(=O)OC(C)C)C1c1ccc(C)cc1. The quantitative estimate of drug-likeness (QED) is 0.0438. The van der Waals surface area contributed by atoms with E-state index in [9.17, 15) is 42.7 Å². The molecule has 2 N–H and O–H groups in total. The highest BCUT2D eigenvalue weighted by atomic mass is 19.1. The van der Waals surface area contributed by atoms with Crippen LogP contribution in [0, 0.1) is 19.7 Å². The Labute approximate surface area is 670 Å². The summed E-state index contributed by atoms with van der Waals surface area (Å²) in [6.07, 6.45) is 1.81. The van der Waals surface area contributed by atoms with E-state index in [-0.39, 0.29) is 54.9 Å². The number of benzene rings is 4. The minimum absolute atomic E-state index is 0.00925. The molecule has 4 aliphatic heterocycles. The number of hydrogen-bond donors (Lipinski definition) is 2. The molecule has 0 spiro atoms. The number of nitrogens with zero attached hydrogens (tertiary/aromatic N) is 2. The van der Waals surface area contributed by atoms with Crippen LogP contribution < -0.4 is 10.6 Å². The lowest BCUT2D eigenvalue weighted by atomic mass is 9.79. The number of rotatable bonds is 26. The van der Waals surface area contributed by atoms with Gasteiger partial charge in [0.2, 0.25) is 0 Å².